The summed E-state index contributed by atoms with van der Waals surface area (Å²) >= 11 is 0. The highest BCUT2D eigenvalue weighted by Gasteiger charge is 2.28. The van der Waals surface area contributed by atoms with Crippen molar-refractivity contribution in [3.8, 4) is 5.75 Å². The number of ether oxygens (including phenoxy) is 1. The lowest BCUT2D eigenvalue weighted by molar-refractivity contribution is -0.131. The van der Waals surface area contributed by atoms with Gasteiger partial charge in [0.2, 0.25) is 5.43 Å². The molecule has 6 nitrogen and oxygen atoms in total. The third kappa shape index (κ3) is 4.74. The summed E-state index contributed by atoms with van der Waals surface area (Å²) in [7, 11) is 0. The Balaban J connectivity index is 2.38. The van der Waals surface area contributed by atoms with E-state index in [1.165, 1.54) is 12.3 Å². The highest BCUT2D eigenvalue weighted by atomic mass is 16.5. The Kier molecular flexibility index (Phi) is 3.59. The number of pyridine rings is 1. The van der Waals surface area contributed by atoms with Crippen LogP contribution in [0.25, 0.3) is 10.9 Å². The molecule has 168 valence electrons. The van der Waals surface area contributed by atoms with E-state index in [1.54, 1.807) is 39.0 Å². The van der Waals surface area contributed by atoms with E-state index < -0.39 is 60.0 Å². The molecule has 1 aromatic heterocycles. The maximum Gasteiger partial charge on any atom is 0.308 e. The van der Waals surface area contributed by atoms with Gasteiger partial charge in [0, 0.05) is 53.7 Å². The molecular formula is C26H30N2O4. The largest absolute Gasteiger partial charge is 0.426 e. The molecule has 0 bridgehead atoms. The lowest BCUT2D eigenvalue weighted by Gasteiger charge is -2.29. The Bertz CT molecular complexity index is 1530. The summed E-state index contributed by atoms with van der Waals surface area (Å²) in [5.41, 5.74) is -5.43. The number of benzene rings is 2. The van der Waals surface area contributed by atoms with Crippen molar-refractivity contribution >= 4 is 28.5 Å². The van der Waals surface area contributed by atoms with E-state index >= 15 is 0 Å². The van der Waals surface area contributed by atoms with Crippen LogP contribution in [-0.2, 0) is 15.6 Å². The quantitative estimate of drug-likeness (QED) is 0.425. The number of hydrogen-bond donors (Lipinski definition) is 2. The Hall–Kier alpha value is -3.41. The molecule has 0 saturated carbocycles. The molecule has 0 radical (unpaired) electrons. The molecule has 2 N–H and O–H groups in total. The molecule has 1 amide bonds. The average molecular weight is 444 g/mol. The molecule has 0 aliphatic carbocycles. The van der Waals surface area contributed by atoms with Crippen LogP contribution in [0.5, 0.6) is 5.75 Å². The summed E-state index contributed by atoms with van der Waals surface area (Å²) in [6.07, 6.45) is 1.22. The van der Waals surface area contributed by atoms with E-state index in [0.717, 1.165) is 19.1 Å². The predicted molar refractivity (Wildman–Crippen MR) is 128 cm³/mol. The molecule has 0 atom stereocenters. The number of para-hydroxylation sites is 1. The van der Waals surface area contributed by atoms with Crippen molar-refractivity contribution in [2.75, 3.05) is 5.32 Å². The molecule has 0 saturated heterocycles. The van der Waals surface area contributed by atoms with E-state index in [-0.39, 0.29) is 22.2 Å². The molecule has 0 unspecified atom stereocenters. The van der Waals surface area contributed by atoms with Gasteiger partial charge in [-0.05, 0) is 34.6 Å². The standard InChI is InChI=1S/C26H30N2O4/c1-15(29)32-22-13-21(18(25(2,3)4)12-19(22)26(5,6)7)28-24(31)17-14-27-20-11-9-8-10-16(20)23(17)30/h8-14H,1-7H3,(H,27,30)(H,28,31)/i5D3,6D3,7D3. The number of rotatable bonds is 3. The van der Waals surface area contributed by atoms with Gasteiger partial charge in [-0.1, -0.05) is 53.5 Å². The molecule has 32 heavy (non-hydrogen) atoms. The van der Waals surface area contributed by atoms with Crippen LogP contribution in [0.4, 0.5) is 5.69 Å². The molecule has 0 aliphatic heterocycles. The Morgan fingerprint density at radius 1 is 1.03 bits per heavy atom. The van der Waals surface area contributed by atoms with Crippen LogP contribution in [-0.4, -0.2) is 16.9 Å². The molecular weight excluding hydrogens is 404 g/mol. The number of amides is 1. The first kappa shape index (κ1) is 13.9. The van der Waals surface area contributed by atoms with E-state index in [2.05, 4.69) is 10.3 Å². The molecule has 2 aromatic carbocycles. The molecule has 1 heterocycles. The van der Waals surface area contributed by atoms with Gasteiger partial charge in [-0.3, -0.25) is 14.4 Å². The number of aromatic nitrogens is 1. The van der Waals surface area contributed by atoms with Crippen LogP contribution >= 0.6 is 0 Å². The van der Waals surface area contributed by atoms with E-state index in [4.69, 9.17) is 17.1 Å². The van der Waals surface area contributed by atoms with Crippen LogP contribution in [0.2, 0.25) is 0 Å². The molecule has 3 aromatic rings. The summed E-state index contributed by atoms with van der Waals surface area (Å²) < 4.78 is 78.3. The van der Waals surface area contributed by atoms with Gasteiger partial charge in [-0.25, -0.2) is 0 Å². The van der Waals surface area contributed by atoms with Crippen LogP contribution in [0.1, 0.15) is 82.1 Å². The van der Waals surface area contributed by atoms with Gasteiger partial charge in [0.1, 0.15) is 11.3 Å². The topological polar surface area (TPSA) is 88.3 Å². The SMILES string of the molecule is [2H]C([2H])([2H])C(c1cc(C(C)(C)C)c(NC(=O)c2c[nH]c3ccccc3c2=O)cc1OC(C)=O)(C([2H])([2H])[2H])C([2H])([2H])[2H]. The lowest BCUT2D eigenvalue weighted by atomic mass is 9.79. The zero-order valence-electron chi connectivity index (χ0n) is 27.2. The van der Waals surface area contributed by atoms with E-state index in [1.807, 2.05) is 0 Å². The number of hydrogen-bond acceptors (Lipinski definition) is 4. The molecule has 3 rings (SSSR count). The normalized spacial score (nSPS) is 17.3. The molecule has 6 heteroatoms. The van der Waals surface area contributed by atoms with Gasteiger partial charge >= 0.3 is 5.97 Å². The smallest absolute Gasteiger partial charge is 0.308 e. The van der Waals surface area contributed by atoms with Crippen molar-refractivity contribution in [1.29, 1.82) is 0 Å². The molecule has 0 spiro atoms. The molecule has 0 aliphatic rings. The van der Waals surface area contributed by atoms with Crippen molar-refractivity contribution in [3.05, 3.63) is 69.5 Å². The van der Waals surface area contributed by atoms with Crippen molar-refractivity contribution in [1.82, 2.24) is 4.98 Å². The second kappa shape index (κ2) is 8.26. The second-order valence-corrected chi connectivity index (χ2v) is 8.52. The number of nitrogens with one attached hydrogen (secondary N) is 2. The van der Waals surface area contributed by atoms with Crippen LogP contribution in [0, 0.1) is 0 Å². The van der Waals surface area contributed by atoms with Gasteiger partial charge < -0.3 is 15.0 Å². The summed E-state index contributed by atoms with van der Waals surface area (Å²) in [6.45, 7) is -4.92. The monoisotopic (exact) mass is 443 g/mol. The third-order valence-corrected chi connectivity index (χ3v) is 4.87. The predicted octanol–water partition coefficient (Wildman–Crippen LogP) is 5.30. The van der Waals surface area contributed by atoms with Gasteiger partial charge in [-0.2, -0.15) is 0 Å². The minimum absolute atomic E-state index is 0.0504. The fourth-order valence-electron chi connectivity index (χ4n) is 3.36. The fraction of sp³-hybridized carbons (Fsp3) is 0.346. The van der Waals surface area contributed by atoms with E-state index in [0.29, 0.717) is 5.52 Å². The minimum Gasteiger partial charge on any atom is -0.426 e. The third-order valence-electron chi connectivity index (χ3n) is 4.87. The fourth-order valence-corrected chi connectivity index (χ4v) is 3.36. The number of anilines is 1. The molecule has 0 fully saturated rings. The zero-order valence-corrected chi connectivity index (χ0v) is 18.2. The minimum atomic E-state index is -3.63. The zero-order chi connectivity index (χ0) is 31.3. The number of carbonyl (C=O) groups is 2. The Morgan fingerprint density at radius 2 is 1.72 bits per heavy atom. The average Bonchev–Trinajstić information content (AvgIpc) is 2.77. The second-order valence-electron chi connectivity index (χ2n) is 8.52. The number of fused-ring (bicyclic) bond motifs is 1. The Morgan fingerprint density at radius 3 is 2.34 bits per heavy atom. The highest BCUT2D eigenvalue weighted by molar-refractivity contribution is 6.06. The van der Waals surface area contributed by atoms with Crippen LogP contribution in [0.3, 0.4) is 0 Å². The van der Waals surface area contributed by atoms with Crippen molar-refractivity contribution in [2.45, 2.75) is 59.1 Å². The van der Waals surface area contributed by atoms with Gasteiger partial charge in [0.15, 0.2) is 0 Å². The lowest BCUT2D eigenvalue weighted by Crippen LogP contribution is -2.25. The number of esters is 1. The van der Waals surface area contributed by atoms with E-state index in [9.17, 15) is 14.4 Å². The van der Waals surface area contributed by atoms with Crippen molar-refractivity contribution < 1.29 is 26.7 Å². The van der Waals surface area contributed by atoms with Gasteiger partial charge in [0.05, 0.1) is 0 Å². The summed E-state index contributed by atoms with van der Waals surface area (Å²) in [5.74, 6) is -2.53. The van der Waals surface area contributed by atoms with Crippen molar-refractivity contribution in [2.24, 2.45) is 0 Å². The first-order chi connectivity index (χ1) is 18.5. The van der Waals surface area contributed by atoms with Gasteiger partial charge in [0.25, 0.3) is 5.91 Å². The maximum absolute atomic E-state index is 13.3. The Labute approximate surface area is 200 Å². The van der Waals surface area contributed by atoms with Gasteiger partial charge in [-0.15, -0.1) is 0 Å². The number of carbonyl (C=O) groups excluding carboxylic acids is 2. The van der Waals surface area contributed by atoms with Crippen molar-refractivity contribution in [3.63, 3.8) is 0 Å². The maximum atomic E-state index is 13.3. The van der Waals surface area contributed by atoms with Crippen LogP contribution < -0.4 is 15.5 Å². The first-order valence-electron chi connectivity index (χ1n) is 14.3. The number of aromatic amines is 1. The van der Waals surface area contributed by atoms with Crippen LogP contribution in [0.15, 0.2) is 47.4 Å². The number of H-pyrrole nitrogens is 1. The highest BCUT2D eigenvalue weighted by Crippen LogP contribution is 2.40. The summed E-state index contributed by atoms with van der Waals surface area (Å²) in [4.78, 5) is 41.3. The summed E-state index contributed by atoms with van der Waals surface area (Å²) in [5, 5.41) is 2.83. The summed E-state index contributed by atoms with van der Waals surface area (Å²) in [6, 6.07) is 8.59. The first-order valence-corrected chi connectivity index (χ1v) is 9.83.